The molecule has 0 radical (unpaired) electrons. The van der Waals surface area contributed by atoms with Crippen LogP contribution in [0.3, 0.4) is 0 Å². The van der Waals surface area contributed by atoms with E-state index in [9.17, 15) is 0 Å². The molecule has 0 amide bonds. The zero-order valence-electron chi connectivity index (χ0n) is 14.7. The quantitative estimate of drug-likeness (QED) is 0.243. The van der Waals surface area contributed by atoms with Gasteiger partial charge in [-0.1, -0.05) is 0 Å². The second-order valence-corrected chi connectivity index (χ2v) is 2.65. The van der Waals surface area contributed by atoms with E-state index in [0.29, 0.717) is 13.1 Å². The van der Waals surface area contributed by atoms with Gasteiger partial charge < -0.3 is 33.3 Å². The molecule has 0 unspecified atom stereocenters. The van der Waals surface area contributed by atoms with Gasteiger partial charge in [-0.2, -0.15) is 0 Å². The third kappa shape index (κ3) is 36800. The Morgan fingerprint density at radius 2 is 0.727 bits per heavy atom. The Morgan fingerprint density at radius 1 is 0.682 bits per heavy atom. The van der Waals surface area contributed by atoms with Crippen molar-refractivity contribution in [3.05, 3.63) is 0 Å². The number of hydrogen-bond donors (Lipinski definition) is 6. The zero-order chi connectivity index (χ0) is 17.7. The average Bonchev–Trinajstić information content (AvgIpc) is 2.13. The first kappa shape index (κ1) is 43.0. The molecule has 0 spiro atoms. The molecule has 8 N–H and O–H groups in total. The van der Waals surface area contributed by atoms with Crippen molar-refractivity contribution in [3.63, 3.8) is 0 Å². The summed E-state index contributed by atoms with van der Waals surface area (Å²) in [5.74, 6) is -3.33. The minimum Gasteiger partial charge on any atom is -1.00 e. The van der Waals surface area contributed by atoms with E-state index >= 15 is 0 Å². The van der Waals surface area contributed by atoms with Crippen LogP contribution in [0.2, 0.25) is 0 Å². The maximum Gasteiger partial charge on any atom is 1.00 e. The van der Waals surface area contributed by atoms with E-state index in [-0.39, 0.29) is 50.5 Å². The molecule has 126 valence electrons. The SMILES string of the molecule is CC(=O)O.CC(=O)O.CC(=O)O.CC(=O)O.NCCN.[H-].[Na+].[Zn]. The number of carboxylic acids is 4. The summed E-state index contributed by atoms with van der Waals surface area (Å²) in [6.07, 6.45) is 0. The molecule has 0 saturated carbocycles. The van der Waals surface area contributed by atoms with Gasteiger partial charge in [0, 0.05) is 60.3 Å². The second-order valence-electron chi connectivity index (χ2n) is 2.65. The number of rotatable bonds is 1. The summed E-state index contributed by atoms with van der Waals surface area (Å²) in [6, 6.07) is 0. The van der Waals surface area contributed by atoms with Crippen LogP contribution in [0.15, 0.2) is 0 Å². The van der Waals surface area contributed by atoms with E-state index in [1.165, 1.54) is 0 Å². The van der Waals surface area contributed by atoms with Crippen LogP contribution in [-0.4, -0.2) is 57.4 Å². The topological polar surface area (TPSA) is 201 Å². The standard InChI is InChI=1S/C2H8N2.4C2H4O2.Na.Zn.H/c3-1-2-4;4*1-2(3)4;;;/h1-4H2;4*1H3,(H,3,4);;;/q;;;;;+1;;-1. The number of aliphatic carboxylic acids is 4. The summed E-state index contributed by atoms with van der Waals surface area (Å²) in [7, 11) is 0. The predicted octanol–water partition coefficient (Wildman–Crippen LogP) is -3.62. The number of carboxylic acid groups (broad SMARTS) is 4. The van der Waals surface area contributed by atoms with E-state index in [2.05, 4.69) is 0 Å². The van der Waals surface area contributed by atoms with E-state index in [4.69, 9.17) is 51.1 Å². The maximum atomic E-state index is 9.00. The molecule has 0 atom stereocenters. The van der Waals surface area contributed by atoms with Crippen LogP contribution >= 0.6 is 0 Å². The molecule has 0 aliphatic rings. The van der Waals surface area contributed by atoms with Gasteiger partial charge in [0.05, 0.1) is 0 Å². The first-order chi connectivity index (χ1) is 8.84. The van der Waals surface area contributed by atoms with Crippen molar-refractivity contribution < 1.29 is 90.1 Å². The van der Waals surface area contributed by atoms with Crippen molar-refractivity contribution in [1.82, 2.24) is 0 Å². The molecule has 0 heterocycles. The smallest absolute Gasteiger partial charge is 1.00 e. The van der Waals surface area contributed by atoms with Crippen LogP contribution in [0.25, 0.3) is 0 Å². The maximum absolute atomic E-state index is 9.00. The van der Waals surface area contributed by atoms with Crippen LogP contribution in [0.5, 0.6) is 0 Å². The minimum absolute atomic E-state index is 0. The summed E-state index contributed by atoms with van der Waals surface area (Å²) in [5.41, 5.74) is 9.81. The van der Waals surface area contributed by atoms with Gasteiger partial charge in [-0.05, 0) is 0 Å². The molecule has 22 heavy (non-hydrogen) atoms. The molecule has 0 aromatic rings. The molecule has 0 rings (SSSR count). The number of nitrogens with two attached hydrogens (primary N) is 2. The molecule has 0 saturated heterocycles. The van der Waals surface area contributed by atoms with Crippen LogP contribution in [0, 0.1) is 0 Å². The van der Waals surface area contributed by atoms with Crippen LogP contribution in [0.1, 0.15) is 29.1 Å². The van der Waals surface area contributed by atoms with Crippen LogP contribution in [-0.2, 0) is 38.7 Å². The van der Waals surface area contributed by atoms with E-state index < -0.39 is 23.9 Å². The average molecular weight is 390 g/mol. The summed E-state index contributed by atoms with van der Waals surface area (Å²) >= 11 is 0. The van der Waals surface area contributed by atoms with Crippen molar-refractivity contribution in [3.8, 4) is 0 Å². The Labute approximate surface area is 165 Å². The van der Waals surface area contributed by atoms with Crippen LogP contribution < -0.4 is 41.0 Å². The fraction of sp³-hybridized carbons (Fsp3) is 0.600. The van der Waals surface area contributed by atoms with Gasteiger partial charge in [0.1, 0.15) is 0 Å². The number of carbonyl (C=O) groups is 4. The third-order valence-electron chi connectivity index (χ3n) is 0.167. The Morgan fingerprint density at radius 3 is 0.727 bits per heavy atom. The van der Waals surface area contributed by atoms with Crippen molar-refractivity contribution in [2.45, 2.75) is 27.7 Å². The van der Waals surface area contributed by atoms with Gasteiger partial charge in [0.2, 0.25) is 0 Å². The Kier molecular flexibility index (Phi) is 83.5. The summed E-state index contributed by atoms with van der Waals surface area (Å²) in [4.78, 5) is 36.0. The van der Waals surface area contributed by atoms with Gasteiger partial charge in [-0.3, -0.25) is 19.2 Å². The molecule has 0 aromatic carbocycles. The van der Waals surface area contributed by atoms with Crippen molar-refractivity contribution in [2.75, 3.05) is 13.1 Å². The molecule has 12 heteroatoms. The largest absolute Gasteiger partial charge is 1.00 e. The van der Waals surface area contributed by atoms with Gasteiger partial charge >= 0.3 is 29.6 Å². The molecule has 0 bridgehead atoms. The Bertz CT molecular complexity index is 207. The third-order valence-corrected chi connectivity index (χ3v) is 0.167. The monoisotopic (exact) mass is 388 g/mol. The predicted molar refractivity (Wildman–Crippen MR) is 72.5 cm³/mol. The molecule has 0 fully saturated rings. The Hall–Kier alpha value is -0.577. The van der Waals surface area contributed by atoms with Crippen molar-refractivity contribution in [2.24, 2.45) is 11.5 Å². The second kappa shape index (κ2) is 42.8. The van der Waals surface area contributed by atoms with Gasteiger partial charge in [-0.25, -0.2) is 0 Å². The minimum atomic E-state index is -0.833. The molecule has 10 nitrogen and oxygen atoms in total. The first-order valence-corrected chi connectivity index (χ1v) is 5.03. The zero-order valence-corrected chi connectivity index (χ0v) is 18.7. The molecule has 0 aliphatic heterocycles. The Balaban J connectivity index is -0.0000000197. The van der Waals surface area contributed by atoms with Gasteiger partial charge in [-0.15, -0.1) is 0 Å². The molecular formula is C10H25N2NaO8Zn. The van der Waals surface area contributed by atoms with E-state index in [0.717, 1.165) is 27.7 Å². The normalized spacial score (nSPS) is 5.91. The van der Waals surface area contributed by atoms with Crippen molar-refractivity contribution in [1.29, 1.82) is 0 Å². The molecule has 0 aromatic heterocycles. The van der Waals surface area contributed by atoms with E-state index in [1.54, 1.807) is 0 Å². The van der Waals surface area contributed by atoms with Gasteiger partial charge in [0.25, 0.3) is 23.9 Å². The summed E-state index contributed by atoms with van der Waals surface area (Å²) < 4.78 is 0. The molecule has 0 aliphatic carbocycles. The fourth-order valence-corrected chi connectivity index (χ4v) is 0. The fourth-order valence-electron chi connectivity index (χ4n) is 0. The number of hydrogen-bond acceptors (Lipinski definition) is 6. The van der Waals surface area contributed by atoms with E-state index in [1.807, 2.05) is 0 Å². The summed E-state index contributed by atoms with van der Waals surface area (Å²) in [5, 5.41) is 29.7. The van der Waals surface area contributed by atoms with Crippen molar-refractivity contribution >= 4 is 23.9 Å². The van der Waals surface area contributed by atoms with Crippen LogP contribution in [0.4, 0.5) is 0 Å². The van der Waals surface area contributed by atoms with Gasteiger partial charge in [0.15, 0.2) is 0 Å². The summed E-state index contributed by atoms with van der Waals surface area (Å²) in [6.45, 7) is 5.53. The first-order valence-electron chi connectivity index (χ1n) is 5.03. The molecular weight excluding hydrogens is 364 g/mol.